The first-order valence-corrected chi connectivity index (χ1v) is 8.62. The molecule has 1 unspecified atom stereocenters. The maximum Gasteiger partial charge on any atom is 0.255 e. The summed E-state index contributed by atoms with van der Waals surface area (Å²) in [4.78, 5) is 24.1. The van der Waals surface area contributed by atoms with Gasteiger partial charge in [0.1, 0.15) is 5.75 Å². The summed E-state index contributed by atoms with van der Waals surface area (Å²) < 4.78 is 19.8. The van der Waals surface area contributed by atoms with Crippen molar-refractivity contribution in [1.29, 1.82) is 0 Å². The third-order valence-electron chi connectivity index (χ3n) is 4.15. The molecule has 0 aromatic heterocycles. The van der Waals surface area contributed by atoms with Gasteiger partial charge in [0, 0.05) is 30.1 Å². The highest BCUT2D eigenvalue weighted by atomic mass is 35.5. The monoisotopic (exact) mass is 376 g/mol. The van der Waals surface area contributed by atoms with E-state index < -0.39 is 11.7 Å². The van der Waals surface area contributed by atoms with Crippen molar-refractivity contribution in [3.63, 3.8) is 0 Å². The summed E-state index contributed by atoms with van der Waals surface area (Å²) in [7, 11) is 0. The Morgan fingerprint density at radius 1 is 1.35 bits per heavy atom. The lowest BCUT2D eigenvalue weighted by atomic mass is 10.1. The van der Waals surface area contributed by atoms with Crippen molar-refractivity contribution in [1.82, 2.24) is 10.6 Å². The Labute approximate surface area is 155 Å². The number of piperidine rings is 1. The summed E-state index contributed by atoms with van der Waals surface area (Å²) in [6.45, 7) is 2.23. The van der Waals surface area contributed by atoms with Gasteiger partial charge in [-0.1, -0.05) is 23.7 Å². The minimum absolute atomic E-state index is 0.0425. The second kappa shape index (κ2) is 7.74. The fourth-order valence-corrected chi connectivity index (χ4v) is 2.96. The second-order valence-corrected chi connectivity index (χ2v) is 6.58. The number of carbonyl (C=O) groups is 2. The first-order valence-electron chi connectivity index (χ1n) is 8.24. The highest BCUT2D eigenvalue weighted by Gasteiger charge is 2.23. The Balaban J connectivity index is 1.86. The summed E-state index contributed by atoms with van der Waals surface area (Å²) in [5.74, 6) is -0.828. The molecule has 2 amide bonds. The molecule has 1 fully saturated rings. The Bertz CT molecular complexity index is 836. The molecule has 7 heteroatoms. The van der Waals surface area contributed by atoms with Crippen molar-refractivity contribution in [2.45, 2.75) is 25.8 Å². The molecule has 5 nitrogen and oxygen atoms in total. The van der Waals surface area contributed by atoms with E-state index in [-0.39, 0.29) is 35.4 Å². The molecule has 1 heterocycles. The number of hydrogen-bond acceptors (Lipinski definition) is 3. The minimum atomic E-state index is -0.528. The van der Waals surface area contributed by atoms with E-state index in [1.807, 2.05) is 0 Å². The Hall–Kier alpha value is -2.60. The summed E-state index contributed by atoms with van der Waals surface area (Å²) in [5.41, 5.74) is 0.823. The third kappa shape index (κ3) is 4.14. The number of carbonyl (C=O) groups excluding carboxylic acids is 2. The number of benzene rings is 2. The van der Waals surface area contributed by atoms with Gasteiger partial charge in [0.25, 0.3) is 5.91 Å². The molecule has 1 aliphatic rings. The maximum atomic E-state index is 14.1. The zero-order chi connectivity index (χ0) is 18.7. The molecule has 136 valence electrons. The zero-order valence-corrected chi connectivity index (χ0v) is 14.9. The van der Waals surface area contributed by atoms with E-state index in [4.69, 9.17) is 16.3 Å². The second-order valence-electron chi connectivity index (χ2n) is 6.14. The van der Waals surface area contributed by atoms with Gasteiger partial charge in [0.05, 0.1) is 5.56 Å². The van der Waals surface area contributed by atoms with Crippen molar-refractivity contribution in [3.05, 3.63) is 58.4 Å². The van der Waals surface area contributed by atoms with Crippen LogP contribution in [0.3, 0.4) is 0 Å². The number of hydrogen-bond donors (Lipinski definition) is 2. The van der Waals surface area contributed by atoms with Crippen molar-refractivity contribution >= 4 is 23.4 Å². The van der Waals surface area contributed by atoms with Crippen LogP contribution in [0.2, 0.25) is 5.02 Å². The molecule has 2 aromatic rings. The van der Waals surface area contributed by atoms with Crippen LogP contribution >= 0.6 is 11.6 Å². The molecule has 1 saturated heterocycles. The summed E-state index contributed by atoms with van der Waals surface area (Å²) in [6, 6.07) is 8.87. The first-order chi connectivity index (χ1) is 12.4. The molecule has 1 atom stereocenters. The molecule has 2 N–H and O–H groups in total. The molecule has 2 aromatic carbocycles. The maximum absolute atomic E-state index is 14.1. The first kappa shape index (κ1) is 18.2. The quantitative estimate of drug-likeness (QED) is 0.856. The summed E-state index contributed by atoms with van der Waals surface area (Å²) in [6.07, 6.45) is 0.871. The highest BCUT2D eigenvalue weighted by molar-refractivity contribution is 6.30. The van der Waals surface area contributed by atoms with Crippen LogP contribution in [0.5, 0.6) is 11.5 Å². The van der Waals surface area contributed by atoms with Crippen LogP contribution in [0, 0.1) is 12.7 Å². The topological polar surface area (TPSA) is 67.4 Å². The average Bonchev–Trinajstić information content (AvgIpc) is 2.58. The fourth-order valence-electron chi connectivity index (χ4n) is 2.79. The van der Waals surface area contributed by atoms with E-state index in [9.17, 15) is 14.0 Å². The lowest BCUT2D eigenvalue weighted by Gasteiger charge is -2.23. The van der Waals surface area contributed by atoms with Crippen molar-refractivity contribution in [2.75, 3.05) is 6.54 Å². The van der Waals surface area contributed by atoms with Gasteiger partial charge in [-0.15, -0.1) is 0 Å². The van der Waals surface area contributed by atoms with Gasteiger partial charge in [-0.3, -0.25) is 9.59 Å². The smallest absolute Gasteiger partial charge is 0.255 e. The van der Waals surface area contributed by atoms with Crippen LogP contribution in [0.4, 0.5) is 4.39 Å². The Morgan fingerprint density at radius 3 is 2.88 bits per heavy atom. The minimum Gasteiger partial charge on any atom is -0.453 e. The van der Waals surface area contributed by atoms with Crippen molar-refractivity contribution in [2.24, 2.45) is 0 Å². The van der Waals surface area contributed by atoms with E-state index in [0.29, 0.717) is 23.6 Å². The number of ether oxygens (including phenoxy) is 1. The van der Waals surface area contributed by atoms with Crippen LogP contribution in [-0.4, -0.2) is 24.4 Å². The molecule has 0 aliphatic carbocycles. The van der Waals surface area contributed by atoms with Gasteiger partial charge in [0.2, 0.25) is 5.91 Å². The zero-order valence-electron chi connectivity index (χ0n) is 14.1. The van der Waals surface area contributed by atoms with Crippen LogP contribution in [0.25, 0.3) is 0 Å². The molecule has 0 radical (unpaired) electrons. The van der Waals surface area contributed by atoms with Gasteiger partial charge in [-0.05, 0) is 37.1 Å². The molecular formula is C19H18ClFN2O3. The standard InChI is InChI=1S/C19H18ClFN2O3/c1-11-3-2-4-15(21)18(11)26-16-9-12(20)5-6-14(16)19(25)23-13-7-8-22-17(24)10-13/h2-6,9,13H,7-8,10H2,1H3,(H,22,24)(H,23,25). The predicted molar refractivity (Wildman–Crippen MR) is 96.2 cm³/mol. The van der Waals surface area contributed by atoms with Crippen LogP contribution in [-0.2, 0) is 4.79 Å². The summed E-state index contributed by atoms with van der Waals surface area (Å²) >= 11 is 6.02. The van der Waals surface area contributed by atoms with Crippen LogP contribution in [0.15, 0.2) is 36.4 Å². The van der Waals surface area contributed by atoms with Gasteiger partial charge in [-0.2, -0.15) is 0 Å². The molecule has 3 rings (SSSR count). The number of amides is 2. The lowest BCUT2D eigenvalue weighted by Crippen LogP contribution is -2.45. The van der Waals surface area contributed by atoms with E-state index in [2.05, 4.69) is 10.6 Å². The molecule has 0 saturated carbocycles. The largest absolute Gasteiger partial charge is 0.453 e. The number of para-hydroxylation sites is 1. The van der Waals surface area contributed by atoms with Crippen molar-refractivity contribution in [3.8, 4) is 11.5 Å². The summed E-state index contributed by atoms with van der Waals surface area (Å²) in [5, 5.41) is 5.90. The van der Waals surface area contributed by atoms with Gasteiger partial charge in [0.15, 0.2) is 11.6 Å². The molecule has 0 spiro atoms. The van der Waals surface area contributed by atoms with E-state index in [0.717, 1.165) is 0 Å². The molecular weight excluding hydrogens is 359 g/mol. The number of rotatable bonds is 4. The van der Waals surface area contributed by atoms with Crippen molar-refractivity contribution < 1.29 is 18.7 Å². The fraction of sp³-hybridized carbons (Fsp3) is 0.263. The Kier molecular flexibility index (Phi) is 5.42. The SMILES string of the molecule is Cc1cccc(F)c1Oc1cc(Cl)ccc1C(=O)NC1CCNC(=O)C1. The normalized spacial score (nSPS) is 16.7. The predicted octanol–water partition coefficient (Wildman–Crippen LogP) is 3.59. The molecule has 26 heavy (non-hydrogen) atoms. The average molecular weight is 377 g/mol. The van der Waals surface area contributed by atoms with Gasteiger partial charge < -0.3 is 15.4 Å². The number of nitrogens with one attached hydrogen (secondary N) is 2. The highest BCUT2D eigenvalue weighted by Crippen LogP contribution is 2.32. The third-order valence-corrected chi connectivity index (χ3v) is 4.38. The Morgan fingerprint density at radius 2 is 2.15 bits per heavy atom. The number of aryl methyl sites for hydroxylation is 1. The van der Waals surface area contributed by atoms with E-state index in [1.54, 1.807) is 25.1 Å². The molecule has 0 bridgehead atoms. The number of halogens is 2. The van der Waals surface area contributed by atoms with E-state index in [1.165, 1.54) is 18.2 Å². The van der Waals surface area contributed by atoms with Crippen LogP contribution < -0.4 is 15.4 Å². The van der Waals surface area contributed by atoms with Gasteiger partial charge >= 0.3 is 0 Å². The molecule has 1 aliphatic heterocycles. The van der Waals surface area contributed by atoms with Gasteiger partial charge in [-0.25, -0.2) is 4.39 Å². The van der Waals surface area contributed by atoms with Crippen LogP contribution in [0.1, 0.15) is 28.8 Å². The van der Waals surface area contributed by atoms with E-state index >= 15 is 0 Å². The lowest BCUT2D eigenvalue weighted by molar-refractivity contribution is -0.122.